The molecule has 1 aromatic carbocycles. The van der Waals surface area contributed by atoms with Gasteiger partial charge in [-0.05, 0) is 57.0 Å². The lowest BCUT2D eigenvalue weighted by Gasteiger charge is -2.27. The van der Waals surface area contributed by atoms with Gasteiger partial charge in [0.05, 0.1) is 5.56 Å². The van der Waals surface area contributed by atoms with Crippen molar-refractivity contribution in [1.82, 2.24) is 4.90 Å². The number of benzene rings is 1. The Kier molecular flexibility index (Phi) is 4.19. The number of alkyl halides is 3. The van der Waals surface area contributed by atoms with Crippen LogP contribution < -0.4 is 0 Å². The number of aryl methyl sites for hydroxylation is 1. The van der Waals surface area contributed by atoms with Gasteiger partial charge in [-0.2, -0.15) is 13.2 Å². The highest BCUT2D eigenvalue weighted by molar-refractivity contribution is 5.39. The molecule has 0 aliphatic carbocycles. The summed E-state index contributed by atoms with van der Waals surface area (Å²) in [5.74, 6) is 0. The number of nitrogens with zero attached hydrogens (tertiary/aromatic N) is 1. The molecule has 1 heterocycles. The Morgan fingerprint density at radius 1 is 1.05 bits per heavy atom. The van der Waals surface area contributed by atoms with Crippen molar-refractivity contribution in [2.24, 2.45) is 0 Å². The van der Waals surface area contributed by atoms with Gasteiger partial charge >= 0.3 is 6.18 Å². The molecule has 0 unspecified atom stereocenters. The molecule has 1 aromatic rings. The van der Waals surface area contributed by atoms with Crippen molar-refractivity contribution < 1.29 is 13.2 Å². The molecule has 0 N–H and O–H groups in total. The van der Waals surface area contributed by atoms with E-state index < -0.39 is 11.7 Å². The third-order valence-corrected chi connectivity index (χ3v) is 3.81. The van der Waals surface area contributed by atoms with Gasteiger partial charge in [0.25, 0.3) is 0 Å². The van der Waals surface area contributed by atoms with Gasteiger partial charge in [0.2, 0.25) is 0 Å². The number of rotatable bonds is 2. The van der Waals surface area contributed by atoms with E-state index in [-0.39, 0.29) is 0 Å². The lowest BCUT2D eigenvalue weighted by atomic mass is 9.97. The Balaban J connectivity index is 2.27. The molecule has 0 spiro atoms. The maximum atomic E-state index is 13.0. The van der Waals surface area contributed by atoms with Gasteiger partial charge in [-0.3, -0.25) is 4.90 Å². The summed E-state index contributed by atoms with van der Waals surface area (Å²) in [4.78, 5) is 2.26. The van der Waals surface area contributed by atoms with E-state index in [1.54, 1.807) is 13.8 Å². The third-order valence-electron chi connectivity index (χ3n) is 3.81. The molecule has 1 aliphatic heterocycles. The average Bonchev–Trinajstić information content (AvgIpc) is 2.33. The lowest BCUT2D eigenvalue weighted by molar-refractivity contribution is -0.138. The minimum absolute atomic E-state index is 0.378. The molecule has 1 fully saturated rings. The van der Waals surface area contributed by atoms with Crippen molar-refractivity contribution in [3.05, 3.63) is 34.4 Å². The van der Waals surface area contributed by atoms with Crippen LogP contribution in [0.25, 0.3) is 0 Å². The van der Waals surface area contributed by atoms with Gasteiger partial charge in [0, 0.05) is 6.54 Å². The molecule has 0 aromatic heterocycles. The molecule has 4 heteroatoms. The van der Waals surface area contributed by atoms with Crippen LogP contribution in [0.15, 0.2) is 12.1 Å². The predicted molar refractivity (Wildman–Crippen MR) is 70.0 cm³/mol. The zero-order valence-electron chi connectivity index (χ0n) is 11.5. The van der Waals surface area contributed by atoms with Crippen molar-refractivity contribution in [2.75, 3.05) is 13.1 Å². The zero-order chi connectivity index (χ0) is 14.0. The second kappa shape index (κ2) is 5.53. The molecular weight excluding hydrogens is 251 g/mol. The standard InChI is InChI=1S/C15H20F3N/c1-11-8-13(10-19-6-4-3-5-7-19)12(2)14(9-11)15(16,17)18/h8-9H,3-7,10H2,1-2H3. The van der Waals surface area contributed by atoms with Gasteiger partial charge in [-0.1, -0.05) is 18.1 Å². The molecule has 0 saturated carbocycles. The Morgan fingerprint density at radius 3 is 2.26 bits per heavy atom. The summed E-state index contributed by atoms with van der Waals surface area (Å²) in [6.45, 7) is 5.94. The highest BCUT2D eigenvalue weighted by Crippen LogP contribution is 2.34. The maximum Gasteiger partial charge on any atom is 0.416 e. The molecular formula is C15H20F3N. The SMILES string of the molecule is Cc1cc(CN2CCCCC2)c(C)c(C(F)(F)F)c1. The van der Waals surface area contributed by atoms with Gasteiger partial charge in [0.15, 0.2) is 0 Å². The molecule has 1 nitrogen and oxygen atoms in total. The maximum absolute atomic E-state index is 13.0. The first-order valence-corrected chi connectivity index (χ1v) is 6.77. The number of hydrogen-bond donors (Lipinski definition) is 0. The third kappa shape index (κ3) is 3.50. The fourth-order valence-corrected chi connectivity index (χ4v) is 2.75. The first-order chi connectivity index (χ1) is 8.88. The van der Waals surface area contributed by atoms with Gasteiger partial charge in [0.1, 0.15) is 0 Å². The van der Waals surface area contributed by atoms with Crippen molar-refractivity contribution in [3.63, 3.8) is 0 Å². The topological polar surface area (TPSA) is 3.24 Å². The van der Waals surface area contributed by atoms with Gasteiger partial charge < -0.3 is 0 Å². The predicted octanol–water partition coefficient (Wildman–Crippen LogP) is 4.31. The first-order valence-electron chi connectivity index (χ1n) is 6.77. The smallest absolute Gasteiger partial charge is 0.299 e. The lowest BCUT2D eigenvalue weighted by Crippen LogP contribution is -2.29. The van der Waals surface area contributed by atoms with Crippen LogP contribution in [0.5, 0.6) is 0 Å². The minimum atomic E-state index is -4.26. The summed E-state index contributed by atoms with van der Waals surface area (Å²) in [5, 5.41) is 0. The molecule has 0 atom stereocenters. The molecule has 106 valence electrons. The molecule has 0 bridgehead atoms. The summed E-state index contributed by atoms with van der Waals surface area (Å²) < 4.78 is 38.9. The van der Waals surface area contributed by atoms with Crippen LogP contribution in [-0.4, -0.2) is 18.0 Å². The summed E-state index contributed by atoms with van der Waals surface area (Å²) in [6, 6.07) is 3.13. The first kappa shape index (κ1) is 14.4. The second-order valence-electron chi connectivity index (χ2n) is 5.43. The van der Waals surface area contributed by atoms with Crippen molar-refractivity contribution in [2.45, 2.75) is 45.8 Å². The molecule has 2 rings (SSSR count). The van der Waals surface area contributed by atoms with Crippen LogP contribution in [0.1, 0.15) is 41.5 Å². The number of likely N-dealkylation sites (tertiary alicyclic amines) is 1. The average molecular weight is 271 g/mol. The van der Waals surface area contributed by atoms with E-state index in [9.17, 15) is 13.2 Å². The van der Waals surface area contributed by atoms with Gasteiger partial charge in [-0.25, -0.2) is 0 Å². The van der Waals surface area contributed by atoms with E-state index >= 15 is 0 Å². The molecule has 19 heavy (non-hydrogen) atoms. The van der Waals surface area contributed by atoms with Crippen molar-refractivity contribution in [3.8, 4) is 0 Å². The van der Waals surface area contributed by atoms with Crippen LogP contribution in [0.3, 0.4) is 0 Å². The van der Waals surface area contributed by atoms with E-state index in [0.29, 0.717) is 17.7 Å². The molecule has 0 amide bonds. The van der Waals surface area contributed by atoms with Gasteiger partial charge in [-0.15, -0.1) is 0 Å². The number of piperidine rings is 1. The summed E-state index contributed by atoms with van der Waals surface area (Å²) in [7, 11) is 0. The normalized spacial score (nSPS) is 17.7. The van der Waals surface area contributed by atoms with Crippen LogP contribution in [0.2, 0.25) is 0 Å². The fraction of sp³-hybridized carbons (Fsp3) is 0.600. The van der Waals surface area contributed by atoms with Crippen LogP contribution in [0.4, 0.5) is 13.2 Å². The Hall–Kier alpha value is -1.03. The zero-order valence-corrected chi connectivity index (χ0v) is 11.5. The highest BCUT2D eigenvalue weighted by Gasteiger charge is 2.33. The Labute approximate surface area is 112 Å². The van der Waals surface area contributed by atoms with Crippen molar-refractivity contribution >= 4 is 0 Å². The number of halogens is 3. The largest absolute Gasteiger partial charge is 0.416 e. The number of hydrogen-bond acceptors (Lipinski definition) is 1. The van der Waals surface area contributed by atoms with E-state index in [1.165, 1.54) is 12.5 Å². The quantitative estimate of drug-likeness (QED) is 0.774. The molecule has 0 radical (unpaired) electrons. The summed E-state index contributed by atoms with van der Waals surface area (Å²) >= 11 is 0. The van der Waals surface area contributed by atoms with E-state index in [4.69, 9.17) is 0 Å². The molecule has 1 aliphatic rings. The van der Waals surface area contributed by atoms with Crippen LogP contribution >= 0.6 is 0 Å². The minimum Gasteiger partial charge on any atom is -0.299 e. The van der Waals surface area contributed by atoms with Crippen molar-refractivity contribution in [1.29, 1.82) is 0 Å². The molecule has 1 saturated heterocycles. The Bertz CT molecular complexity index is 445. The van der Waals surface area contributed by atoms with E-state index in [0.717, 1.165) is 31.5 Å². The van der Waals surface area contributed by atoms with E-state index in [1.807, 2.05) is 6.07 Å². The van der Waals surface area contributed by atoms with E-state index in [2.05, 4.69) is 4.90 Å². The highest BCUT2D eigenvalue weighted by atomic mass is 19.4. The summed E-state index contributed by atoms with van der Waals surface area (Å²) in [5.41, 5.74) is 1.39. The van der Waals surface area contributed by atoms with Crippen LogP contribution in [-0.2, 0) is 12.7 Å². The fourth-order valence-electron chi connectivity index (χ4n) is 2.75. The second-order valence-corrected chi connectivity index (χ2v) is 5.43. The monoisotopic (exact) mass is 271 g/mol. The summed E-state index contributed by atoms with van der Waals surface area (Å²) in [6.07, 6.45) is -0.724. The Morgan fingerprint density at radius 2 is 1.68 bits per heavy atom. The van der Waals surface area contributed by atoms with Crippen LogP contribution in [0, 0.1) is 13.8 Å².